The van der Waals surface area contributed by atoms with E-state index in [4.69, 9.17) is 5.11 Å². The van der Waals surface area contributed by atoms with Crippen molar-refractivity contribution in [3.63, 3.8) is 0 Å². The second-order valence-corrected chi connectivity index (χ2v) is 4.63. The molecule has 1 amide bonds. The van der Waals surface area contributed by atoms with Crippen LogP contribution in [0.25, 0.3) is 0 Å². The Hall–Kier alpha value is -1.75. The first-order valence-electron chi connectivity index (χ1n) is 5.88. The molecule has 0 fully saturated rings. The topological polar surface area (TPSA) is 89.8 Å². The van der Waals surface area contributed by atoms with Gasteiger partial charge in [-0.2, -0.15) is 0 Å². The number of rotatable bonds is 5. The number of carbonyl (C=O) groups is 1. The summed E-state index contributed by atoms with van der Waals surface area (Å²) in [5, 5.41) is 31.1. The highest BCUT2D eigenvalue weighted by molar-refractivity contribution is 5.97. The quantitative estimate of drug-likeness (QED) is 0.638. The van der Waals surface area contributed by atoms with Crippen LogP contribution in [0.4, 0.5) is 0 Å². The van der Waals surface area contributed by atoms with E-state index in [0.29, 0.717) is 6.42 Å². The second kappa shape index (κ2) is 5.73. The molecule has 0 saturated heterocycles. The maximum Gasteiger partial charge on any atom is 0.255 e. The molecule has 0 aliphatic rings. The van der Waals surface area contributed by atoms with E-state index in [0.717, 1.165) is 12.5 Å². The molecule has 0 saturated carbocycles. The van der Waals surface area contributed by atoms with Crippen LogP contribution < -0.4 is 5.32 Å². The summed E-state index contributed by atoms with van der Waals surface area (Å²) in [7, 11) is 0. The number of amides is 1. The van der Waals surface area contributed by atoms with Crippen LogP contribution >= 0.6 is 0 Å². The molecule has 0 radical (unpaired) electrons. The highest BCUT2D eigenvalue weighted by Gasteiger charge is 2.21. The Kier molecular flexibility index (Phi) is 4.55. The van der Waals surface area contributed by atoms with Gasteiger partial charge in [0.15, 0.2) is 0 Å². The van der Waals surface area contributed by atoms with Crippen LogP contribution in [0.2, 0.25) is 0 Å². The van der Waals surface area contributed by atoms with Gasteiger partial charge in [0.2, 0.25) is 0 Å². The monoisotopic (exact) mass is 253 g/mol. The van der Waals surface area contributed by atoms with Gasteiger partial charge in [-0.15, -0.1) is 0 Å². The molecule has 0 aliphatic heterocycles. The lowest BCUT2D eigenvalue weighted by Gasteiger charge is -2.23. The lowest BCUT2D eigenvalue weighted by Crippen LogP contribution is -2.40. The standard InChI is InChI=1S/C13H19NO4/c1-3-6-13(2,18)8-14-12(17)10-5-4-9(15)7-11(10)16/h4-5,7,15-16,18H,3,6,8H2,1-2H3,(H,14,17). The summed E-state index contributed by atoms with van der Waals surface area (Å²) in [4.78, 5) is 11.8. The number of aliphatic hydroxyl groups is 1. The van der Waals surface area contributed by atoms with Crippen molar-refractivity contribution in [3.05, 3.63) is 23.8 Å². The van der Waals surface area contributed by atoms with Crippen molar-refractivity contribution in [1.29, 1.82) is 0 Å². The largest absolute Gasteiger partial charge is 0.508 e. The van der Waals surface area contributed by atoms with Crippen LogP contribution in [0.15, 0.2) is 18.2 Å². The first-order chi connectivity index (χ1) is 8.35. The average Bonchev–Trinajstić information content (AvgIpc) is 2.26. The number of phenols is 2. The van der Waals surface area contributed by atoms with Crippen LogP contribution in [0.3, 0.4) is 0 Å². The first-order valence-corrected chi connectivity index (χ1v) is 5.88. The zero-order valence-electron chi connectivity index (χ0n) is 10.6. The van der Waals surface area contributed by atoms with E-state index in [2.05, 4.69) is 5.32 Å². The number of carbonyl (C=O) groups excluding carboxylic acids is 1. The highest BCUT2D eigenvalue weighted by atomic mass is 16.3. The lowest BCUT2D eigenvalue weighted by molar-refractivity contribution is 0.0469. The first kappa shape index (κ1) is 14.3. The van der Waals surface area contributed by atoms with Gasteiger partial charge in [-0.05, 0) is 25.5 Å². The van der Waals surface area contributed by atoms with Gasteiger partial charge in [0, 0.05) is 12.6 Å². The Labute approximate surface area is 106 Å². The predicted octanol–water partition coefficient (Wildman–Crippen LogP) is 1.38. The van der Waals surface area contributed by atoms with E-state index in [-0.39, 0.29) is 23.6 Å². The van der Waals surface area contributed by atoms with Crippen molar-refractivity contribution in [3.8, 4) is 11.5 Å². The molecule has 1 aromatic rings. The number of phenolic OH excluding ortho intramolecular Hbond substituents is 2. The third-order valence-corrected chi connectivity index (χ3v) is 2.64. The Bertz CT molecular complexity index is 429. The van der Waals surface area contributed by atoms with Crippen molar-refractivity contribution in [1.82, 2.24) is 5.32 Å². The van der Waals surface area contributed by atoms with Crippen LogP contribution in [-0.2, 0) is 0 Å². The van der Waals surface area contributed by atoms with Crippen molar-refractivity contribution in [2.45, 2.75) is 32.3 Å². The normalized spacial score (nSPS) is 13.9. The molecule has 5 heteroatoms. The van der Waals surface area contributed by atoms with Crippen molar-refractivity contribution < 1.29 is 20.1 Å². The van der Waals surface area contributed by atoms with Gasteiger partial charge < -0.3 is 20.6 Å². The van der Waals surface area contributed by atoms with Gasteiger partial charge in [0.05, 0.1) is 11.2 Å². The molecule has 4 N–H and O–H groups in total. The van der Waals surface area contributed by atoms with Crippen molar-refractivity contribution in [2.24, 2.45) is 0 Å². The molecule has 0 aliphatic carbocycles. The Morgan fingerprint density at radius 1 is 1.39 bits per heavy atom. The van der Waals surface area contributed by atoms with E-state index in [1.807, 2.05) is 6.92 Å². The average molecular weight is 253 g/mol. The van der Waals surface area contributed by atoms with Gasteiger partial charge in [0.1, 0.15) is 11.5 Å². The van der Waals surface area contributed by atoms with Crippen LogP contribution in [0.5, 0.6) is 11.5 Å². The summed E-state index contributed by atoms with van der Waals surface area (Å²) in [6.45, 7) is 3.70. The molecule has 100 valence electrons. The minimum absolute atomic E-state index is 0.0695. The summed E-state index contributed by atoms with van der Waals surface area (Å²) in [6, 6.07) is 3.74. The van der Waals surface area contributed by atoms with Gasteiger partial charge >= 0.3 is 0 Å². The molecular weight excluding hydrogens is 234 g/mol. The zero-order chi connectivity index (χ0) is 13.8. The van der Waals surface area contributed by atoms with Crippen molar-refractivity contribution >= 4 is 5.91 Å². The van der Waals surface area contributed by atoms with Crippen LogP contribution in [0, 0.1) is 0 Å². The maximum absolute atomic E-state index is 11.8. The fourth-order valence-corrected chi connectivity index (χ4v) is 1.70. The van der Waals surface area contributed by atoms with E-state index in [9.17, 15) is 15.0 Å². The fourth-order valence-electron chi connectivity index (χ4n) is 1.70. The summed E-state index contributed by atoms with van der Waals surface area (Å²) >= 11 is 0. The summed E-state index contributed by atoms with van der Waals surface area (Å²) < 4.78 is 0. The Morgan fingerprint density at radius 3 is 2.61 bits per heavy atom. The van der Waals surface area contributed by atoms with Crippen LogP contribution in [-0.4, -0.2) is 33.4 Å². The number of nitrogens with one attached hydrogen (secondary N) is 1. The molecule has 5 nitrogen and oxygen atoms in total. The molecule has 0 bridgehead atoms. The van der Waals surface area contributed by atoms with Gasteiger partial charge in [-0.3, -0.25) is 4.79 Å². The predicted molar refractivity (Wildman–Crippen MR) is 67.6 cm³/mol. The molecule has 0 aromatic heterocycles. The number of benzene rings is 1. The lowest BCUT2D eigenvalue weighted by atomic mass is 10.0. The van der Waals surface area contributed by atoms with Crippen LogP contribution in [0.1, 0.15) is 37.0 Å². The Balaban J connectivity index is 2.66. The summed E-state index contributed by atoms with van der Waals surface area (Å²) in [6.07, 6.45) is 1.39. The Morgan fingerprint density at radius 2 is 2.06 bits per heavy atom. The molecule has 0 spiro atoms. The molecule has 0 heterocycles. The molecular formula is C13H19NO4. The van der Waals surface area contributed by atoms with Crippen molar-refractivity contribution in [2.75, 3.05) is 6.54 Å². The maximum atomic E-state index is 11.8. The third-order valence-electron chi connectivity index (χ3n) is 2.64. The van der Waals surface area contributed by atoms with E-state index in [1.54, 1.807) is 6.92 Å². The van der Waals surface area contributed by atoms with E-state index >= 15 is 0 Å². The smallest absolute Gasteiger partial charge is 0.255 e. The molecule has 1 aromatic carbocycles. The summed E-state index contributed by atoms with van der Waals surface area (Å²) in [5.74, 6) is -0.881. The minimum atomic E-state index is -0.961. The minimum Gasteiger partial charge on any atom is -0.508 e. The molecule has 1 unspecified atom stereocenters. The second-order valence-electron chi connectivity index (χ2n) is 4.63. The molecule has 1 rings (SSSR count). The third kappa shape index (κ3) is 3.92. The van der Waals surface area contributed by atoms with Gasteiger partial charge in [0.25, 0.3) is 5.91 Å². The number of aromatic hydroxyl groups is 2. The number of hydrogen-bond donors (Lipinski definition) is 4. The van der Waals surface area contributed by atoms with Gasteiger partial charge in [-0.1, -0.05) is 13.3 Å². The summed E-state index contributed by atoms with van der Waals surface area (Å²) in [5.41, 5.74) is -0.892. The van der Waals surface area contributed by atoms with Gasteiger partial charge in [-0.25, -0.2) is 0 Å². The number of hydrogen-bond acceptors (Lipinski definition) is 4. The SMILES string of the molecule is CCCC(C)(O)CNC(=O)c1ccc(O)cc1O. The van der Waals surface area contributed by atoms with E-state index < -0.39 is 11.5 Å². The van der Waals surface area contributed by atoms with E-state index in [1.165, 1.54) is 12.1 Å². The highest BCUT2D eigenvalue weighted by Crippen LogP contribution is 2.22. The fraction of sp³-hybridized carbons (Fsp3) is 0.462. The molecule has 1 atom stereocenters. The molecule has 18 heavy (non-hydrogen) atoms. The zero-order valence-corrected chi connectivity index (χ0v) is 10.6.